The molecule has 0 radical (unpaired) electrons. The molecular formula is C48H61BrN3O7Pd-. The summed E-state index contributed by atoms with van der Waals surface area (Å²) in [5.74, 6) is 2.16. The van der Waals surface area contributed by atoms with Gasteiger partial charge in [0.05, 0.1) is 32.1 Å². The maximum Gasteiger partial charge on any atom is 0.211 e. The van der Waals surface area contributed by atoms with Gasteiger partial charge in [-0.3, -0.25) is 9.59 Å². The minimum absolute atomic E-state index is 0. The number of ether oxygens (including phenoxy) is 2. The quantitative estimate of drug-likeness (QED) is 0.0158. The van der Waals surface area contributed by atoms with Crippen LogP contribution in [0.5, 0.6) is 17.2 Å². The van der Waals surface area contributed by atoms with Crippen LogP contribution >= 0.6 is 15.9 Å². The molecule has 4 atom stereocenters. The zero-order valence-corrected chi connectivity index (χ0v) is 38.5. The van der Waals surface area contributed by atoms with E-state index in [0.29, 0.717) is 47.8 Å². The van der Waals surface area contributed by atoms with Gasteiger partial charge in [0.1, 0.15) is 17.2 Å². The summed E-state index contributed by atoms with van der Waals surface area (Å²) >= 11 is 3.19. The topological polar surface area (TPSA) is 149 Å². The summed E-state index contributed by atoms with van der Waals surface area (Å²) in [7, 11) is 3.34. The number of hydrogen-bond acceptors (Lipinski definition) is 8. The standard InChI is InChI=1S/C20H25NO4.C17H21NO.C10H12BrNO2.CH3.Pd/c1-14(11-15-4-7-17(25-2)8-5-15)3-9-19(23)16-6-10-20(24)18(12-16)21-13-22;1-14(18-13-16-6-4-3-5-7-16)12-15-8-10-17(19-2)11-9-15;1-7-2-3-8(10(14)5-11)4-9(7)12-6-13;;/h4-8,10,12-14,19,23-24H,3,9,11H2,1-2H3,(H,21,22);3-11,14,18H,12-13H2,1-2H3;2-4,6,10,14H,5H2,1H3,(H,12,13);1H3;/q;;;-1;/t14-,19-;14-;10-;;/m010../s1. The first-order chi connectivity index (χ1) is 28.0. The number of aliphatic hydroxyl groups excluding tert-OH is 2. The number of nitrogens with one attached hydrogen (secondary N) is 3. The van der Waals surface area contributed by atoms with Crippen molar-refractivity contribution in [1.82, 2.24) is 5.32 Å². The number of phenols is 1. The molecule has 0 fully saturated rings. The molecule has 0 saturated carbocycles. The molecule has 5 aromatic carbocycles. The number of aromatic hydroxyl groups is 1. The van der Waals surface area contributed by atoms with Crippen molar-refractivity contribution in [2.24, 2.45) is 5.92 Å². The van der Waals surface area contributed by atoms with Gasteiger partial charge in [-0.2, -0.15) is 0 Å². The minimum Gasteiger partial charge on any atom is -0.506 e. The van der Waals surface area contributed by atoms with Gasteiger partial charge < -0.3 is 48.2 Å². The van der Waals surface area contributed by atoms with Crippen LogP contribution in [-0.4, -0.2) is 53.7 Å². The Morgan fingerprint density at radius 2 is 1.18 bits per heavy atom. The van der Waals surface area contributed by atoms with E-state index in [0.717, 1.165) is 54.1 Å². The Morgan fingerprint density at radius 1 is 0.667 bits per heavy atom. The third kappa shape index (κ3) is 19.2. The first-order valence-electron chi connectivity index (χ1n) is 19.3. The van der Waals surface area contributed by atoms with Gasteiger partial charge >= 0.3 is 0 Å². The van der Waals surface area contributed by atoms with E-state index in [-0.39, 0.29) is 33.6 Å². The average molecular weight is 978 g/mol. The average Bonchev–Trinajstić information content (AvgIpc) is 3.25. The Bertz CT molecular complexity index is 1940. The molecule has 5 rings (SSSR count). The summed E-state index contributed by atoms with van der Waals surface area (Å²) in [5, 5.41) is 38.6. The van der Waals surface area contributed by atoms with Crippen molar-refractivity contribution < 1.29 is 54.8 Å². The SMILES string of the molecule is COc1ccc(C[C@@H](C)CC[C@H](O)c2ccc(O)c(NC=O)c2)cc1.COc1ccc(C[C@@H](C)NCc2ccccc2)cc1.Cc1ccc([C@@H](O)CBr)cc1NC=O.[CH3-].[Pd]. The second kappa shape index (κ2) is 29.6. The molecule has 0 aromatic heterocycles. The number of carbonyl (C=O) groups is 2. The van der Waals surface area contributed by atoms with E-state index < -0.39 is 12.2 Å². The molecule has 0 aliphatic heterocycles. The number of hydrogen-bond donors (Lipinski definition) is 6. The Hall–Kier alpha value is -4.54. The van der Waals surface area contributed by atoms with Gasteiger partial charge in [0.2, 0.25) is 12.8 Å². The minimum atomic E-state index is -0.633. The Balaban J connectivity index is 0.000000461. The summed E-state index contributed by atoms with van der Waals surface area (Å²) in [6.07, 6.45) is 3.40. The second-order valence-corrected chi connectivity index (χ2v) is 14.8. The number of methoxy groups -OCH3 is 2. The smallest absolute Gasteiger partial charge is 0.211 e. The molecule has 0 unspecified atom stereocenters. The predicted molar refractivity (Wildman–Crippen MR) is 243 cm³/mol. The summed E-state index contributed by atoms with van der Waals surface area (Å²) in [5.41, 5.74) is 7.37. The van der Waals surface area contributed by atoms with Crippen LogP contribution in [0, 0.1) is 20.3 Å². The number of alkyl halides is 1. The number of aryl methyl sites for hydroxylation is 1. The monoisotopic (exact) mass is 976 g/mol. The van der Waals surface area contributed by atoms with Crippen molar-refractivity contribution in [3.05, 3.63) is 156 Å². The van der Waals surface area contributed by atoms with Crippen molar-refractivity contribution in [3.63, 3.8) is 0 Å². The predicted octanol–water partition coefficient (Wildman–Crippen LogP) is 9.52. The largest absolute Gasteiger partial charge is 0.506 e. The van der Waals surface area contributed by atoms with Gasteiger partial charge in [0.15, 0.2) is 0 Å². The third-order valence-corrected chi connectivity index (χ3v) is 10.1. The van der Waals surface area contributed by atoms with Crippen molar-refractivity contribution in [1.29, 1.82) is 0 Å². The van der Waals surface area contributed by atoms with Crippen LogP contribution in [0.3, 0.4) is 0 Å². The zero-order valence-electron chi connectivity index (χ0n) is 35.3. The van der Waals surface area contributed by atoms with E-state index in [1.165, 1.54) is 22.8 Å². The van der Waals surface area contributed by atoms with Crippen LogP contribution < -0.4 is 25.4 Å². The fourth-order valence-electron chi connectivity index (χ4n) is 6.05. The fraction of sp³-hybridized carbons (Fsp3) is 0.312. The zero-order chi connectivity index (χ0) is 42.3. The molecule has 60 heavy (non-hydrogen) atoms. The van der Waals surface area contributed by atoms with Crippen LogP contribution in [-0.2, 0) is 49.4 Å². The van der Waals surface area contributed by atoms with Crippen LogP contribution in [0.1, 0.15) is 72.3 Å². The third-order valence-electron chi connectivity index (χ3n) is 9.50. The van der Waals surface area contributed by atoms with Gasteiger partial charge in [-0.1, -0.05) is 95.7 Å². The molecule has 0 aliphatic rings. The molecule has 12 heteroatoms. The number of rotatable bonds is 19. The Kier molecular flexibility index (Phi) is 26.4. The summed E-state index contributed by atoms with van der Waals surface area (Å²) < 4.78 is 10.3. The number of benzene rings is 5. The van der Waals surface area contributed by atoms with Gasteiger partial charge in [-0.25, -0.2) is 0 Å². The molecule has 0 saturated heterocycles. The molecule has 5 aromatic rings. The number of anilines is 2. The first-order valence-corrected chi connectivity index (χ1v) is 20.4. The van der Waals surface area contributed by atoms with Gasteiger partial charge in [-0.15, -0.1) is 0 Å². The molecule has 0 spiro atoms. The van der Waals surface area contributed by atoms with E-state index in [1.807, 2.05) is 49.4 Å². The van der Waals surface area contributed by atoms with Crippen molar-refractivity contribution in [2.75, 3.05) is 30.2 Å². The molecule has 10 nitrogen and oxygen atoms in total. The molecule has 328 valence electrons. The van der Waals surface area contributed by atoms with E-state index in [2.05, 4.69) is 94.3 Å². The molecule has 0 aliphatic carbocycles. The van der Waals surface area contributed by atoms with E-state index in [1.54, 1.807) is 32.4 Å². The van der Waals surface area contributed by atoms with E-state index in [9.17, 15) is 24.9 Å². The number of phenolic OH excluding ortho intramolecular Hbond substituents is 1. The van der Waals surface area contributed by atoms with Gasteiger partial charge in [-0.05, 0) is 121 Å². The van der Waals surface area contributed by atoms with Crippen LogP contribution in [0.15, 0.2) is 115 Å². The summed E-state index contributed by atoms with van der Waals surface area (Å²) in [4.78, 5) is 20.8. The van der Waals surface area contributed by atoms with E-state index in [4.69, 9.17) is 9.47 Å². The van der Waals surface area contributed by atoms with Crippen molar-refractivity contribution in [3.8, 4) is 17.2 Å². The van der Waals surface area contributed by atoms with Crippen molar-refractivity contribution >= 4 is 40.1 Å². The summed E-state index contributed by atoms with van der Waals surface area (Å²) in [6, 6.07) is 37.5. The number of carbonyl (C=O) groups excluding carboxylic acids is 2. The van der Waals surface area contributed by atoms with Crippen LogP contribution in [0.4, 0.5) is 11.4 Å². The van der Waals surface area contributed by atoms with Gasteiger partial charge in [0.25, 0.3) is 0 Å². The summed E-state index contributed by atoms with van der Waals surface area (Å²) in [6.45, 7) is 7.19. The molecule has 0 bridgehead atoms. The first kappa shape index (κ1) is 53.5. The van der Waals surface area contributed by atoms with Crippen LogP contribution in [0.25, 0.3) is 0 Å². The van der Waals surface area contributed by atoms with E-state index >= 15 is 0 Å². The molecule has 2 amide bonds. The molecular weight excluding hydrogens is 917 g/mol. The normalized spacial score (nSPS) is 12.1. The maximum absolute atomic E-state index is 10.5. The number of halogens is 1. The molecule has 6 N–H and O–H groups in total. The maximum atomic E-state index is 10.5. The second-order valence-electron chi connectivity index (χ2n) is 14.1. The Labute approximate surface area is 378 Å². The Morgan fingerprint density at radius 3 is 1.73 bits per heavy atom. The van der Waals surface area contributed by atoms with Gasteiger partial charge in [0, 0.05) is 44.0 Å². The van der Waals surface area contributed by atoms with Crippen molar-refractivity contribution in [2.45, 2.75) is 71.2 Å². The number of aliphatic hydroxyl groups is 2. The molecule has 0 heterocycles. The fourth-order valence-corrected chi connectivity index (χ4v) is 6.42. The van der Waals surface area contributed by atoms with Crippen LogP contribution in [0.2, 0.25) is 0 Å². The number of amides is 2.